The first kappa shape index (κ1) is 11.2. The molecule has 0 saturated heterocycles. The standard InChI is InChI=1S/C6H13N3O2S/c1-12-3-2-4(7)5(10)9-6(8)11/h4H,2-3,7H2,1H3,(H3,8,9,10,11)/t4-/m0/s1. The molecule has 0 rings (SSSR count). The first-order valence-corrected chi connectivity index (χ1v) is 4.82. The van der Waals surface area contributed by atoms with Crippen LogP contribution in [0.4, 0.5) is 4.79 Å². The van der Waals surface area contributed by atoms with Crippen molar-refractivity contribution in [3.05, 3.63) is 0 Å². The maximum Gasteiger partial charge on any atom is 0.318 e. The van der Waals surface area contributed by atoms with Crippen molar-refractivity contribution in [1.29, 1.82) is 0 Å². The zero-order valence-corrected chi connectivity index (χ0v) is 7.69. The molecule has 0 aliphatic rings. The van der Waals surface area contributed by atoms with E-state index in [2.05, 4.69) is 0 Å². The fourth-order valence-electron chi connectivity index (χ4n) is 0.590. The number of nitrogens with one attached hydrogen (secondary N) is 1. The SMILES string of the molecule is CSCC[C@H](N)C(=O)NC(N)=O. The number of primary amides is 1. The van der Waals surface area contributed by atoms with Gasteiger partial charge in [-0.05, 0) is 18.4 Å². The van der Waals surface area contributed by atoms with Crippen molar-refractivity contribution in [2.75, 3.05) is 12.0 Å². The van der Waals surface area contributed by atoms with Crippen molar-refractivity contribution in [2.24, 2.45) is 11.5 Å². The fourth-order valence-corrected chi connectivity index (χ4v) is 1.08. The molecule has 0 aromatic heterocycles. The molecule has 0 aromatic carbocycles. The van der Waals surface area contributed by atoms with Crippen LogP contribution in [0, 0.1) is 0 Å². The number of amides is 3. The molecule has 0 fully saturated rings. The summed E-state index contributed by atoms with van der Waals surface area (Å²) >= 11 is 1.59. The van der Waals surface area contributed by atoms with E-state index < -0.39 is 18.0 Å². The second-order valence-electron chi connectivity index (χ2n) is 2.24. The third-order valence-corrected chi connectivity index (χ3v) is 1.86. The van der Waals surface area contributed by atoms with E-state index in [0.717, 1.165) is 5.75 Å². The molecular weight excluding hydrogens is 178 g/mol. The Labute approximate surface area is 75.2 Å². The summed E-state index contributed by atoms with van der Waals surface area (Å²) in [5, 5.41) is 1.92. The van der Waals surface area contributed by atoms with Gasteiger partial charge in [-0.1, -0.05) is 0 Å². The monoisotopic (exact) mass is 191 g/mol. The third kappa shape index (κ3) is 4.97. The van der Waals surface area contributed by atoms with E-state index >= 15 is 0 Å². The van der Waals surface area contributed by atoms with Crippen LogP contribution in [-0.2, 0) is 4.79 Å². The minimum Gasteiger partial charge on any atom is -0.351 e. The Morgan fingerprint density at radius 2 is 2.17 bits per heavy atom. The van der Waals surface area contributed by atoms with Crippen LogP contribution in [0.15, 0.2) is 0 Å². The molecular formula is C6H13N3O2S. The van der Waals surface area contributed by atoms with E-state index in [0.29, 0.717) is 6.42 Å². The lowest BCUT2D eigenvalue weighted by Crippen LogP contribution is -2.45. The predicted octanol–water partition coefficient (Wildman–Crippen LogP) is -0.738. The molecule has 3 amide bonds. The summed E-state index contributed by atoms with van der Waals surface area (Å²) in [6, 6.07) is -1.51. The van der Waals surface area contributed by atoms with Crippen LogP contribution >= 0.6 is 11.8 Å². The Morgan fingerprint density at radius 1 is 1.58 bits per heavy atom. The lowest BCUT2D eigenvalue weighted by atomic mass is 10.2. The molecule has 0 aliphatic carbocycles. The molecule has 0 radical (unpaired) electrons. The number of nitrogens with two attached hydrogens (primary N) is 2. The normalized spacial score (nSPS) is 12.2. The summed E-state index contributed by atoms with van der Waals surface area (Å²) in [4.78, 5) is 21.1. The predicted molar refractivity (Wildman–Crippen MR) is 48.7 cm³/mol. The Kier molecular flexibility index (Phi) is 5.48. The molecule has 1 atom stereocenters. The van der Waals surface area contributed by atoms with E-state index in [1.54, 1.807) is 11.8 Å². The number of rotatable bonds is 4. The summed E-state index contributed by atoms with van der Waals surface area (Å²) in [6.07, 6.45) is 2.46. The highest BCUT2D eigenvalue weighted by Crippen LogP contribution is 1.98. The van der Waals surface area contributed by atoms with E-state index in [-0.39, 0.29) is 0 Å². The summed E-state index contributed by atoms with van der Waals surface area (Å²) in [6.45, 7) is 0. The minimum absolute atomic E-state index is 0.517. The minimum atomic E-state index is -0.861. The molecule has 0 bridgehead atoms. The third-order valence-electron chi connectivity index (χ3n) is 1.22. The van der Waals surface area contributed by atoms with Gasteiger partial charge >= 0.3 is 6.03 Å². The Balaban J connectivity index is 3.69. The largest absolute Gasteiger partial charge is 0.351 e. The number of carbonyl (C=O) groups is 2. The maximum atomic E-state index is 10.9. The van der Waals surface area contributed by atoms with Gasteiger partial charge in [0.2, 0.25) is 5.91 Å². The molecule has 6 heteroatoms. The quantitative estimate of drug-likeness (QED) is 0.545. The van der Waals surface area contributed by atoms with Crippen LogP contribution in [0.2, 0.25) is 0 Å². The average molecular weight is 191 g/mol. The van der Waals surface area contributed by atoms with E-state index in [9.17, 15) is 9.59 Å². The Bertz CT molecular complexity index is 174. The van der Waals surface area contributed by atoms with E-state index in [4.69, 9.17) is 11.5 Å². The number of imide groups is 1. The number of thioether (sulfide) groups is 1. The zero-order valence-electron chi connectivity index (χ0n) is 6.87. The van der Waals surface area contributed by atoms with Gasteiger partial charge in [-0.2, -0.15) is 11.8 Å². The number of urea groups is 1. The summed E-state index contributed by atoms with van der Waals surface area (Å²) in [5.41, 5.74) is 10.1. The van der Waals surface area contributed by atoms with Crippen LogP contribution < -0.4 is 16.8 Å². The van der Waals surface area contributed by atoms with Crippen molar-refractivity contribution >= 4 is 23.7 Å². The molecule has 0 spiro atoms. The van der Waals surface area contributed by atoms with Crippen molar-refractivity contribution in [3.8, 4) is 0 Å². The smallest absolute Gasteiger partial charge is 0.318 e. The highest BCUT2D eigenvalue weighted by molar-refractivity contribution is 7.98. The van der Waals surface area contributed by atoms with Gasteiger partial charge in [-0.15, -0.1) is 0 Å². The molecule has 0 saturated carbocycles. The maximum absolute atomic E-state index is 10.9. The van der Waals surface area contributed by atoms with Gasteiger partial charge < -0.3 is 11.5 Å². The Morgan fingerprint density at radius 3 is 2.58 bits per heavy atom. The van der Waals surface area contributed by atoms with E-state index in [1.807, 2.05) is 11.6 Å². The zero-order chi connectivity index (χ0) is 9.56. The van der Waals surface area contributed by atoms with Crippen LogP contribution in [0.3, 0.4) is 0 Å². The lowest BCUT2D eigenvalue weighted by Gasteiger charge is -2.08. The lowest BCUT2D eigenvalue weighted by molar-refractivity contribution is -0.121. The molecule has 12 heavy (non-hydrogen) atoms. The molecule has 0 aromatic rings. The van der Waals surface area contributed by atoms with Crippen molar-refractivity contribution < 1.29 is 9.59 Å². The molecule has 5 nitrogen and oxygen atoms in total. The first-order valence-electron chi connectivity index (χ1n) is 3.42. The Hall–Kier alpha value is -0.750. The number of hydrogen-bond donors (Lipinski definition) is 3. The highest BCUT2D eigenvalue weighted by atomic mass is 32.2. The average Bonchev–Trinajstić information content (AvgIpc) is 1.98. The summed E-state index contributed by atoms with van der Waals surface area (Å²) in [5.74, 6) is 0.268. The second-order valence-corrected chi connectivity index (χ2v) is 3.23. The van der Waals surface area contributed by atoms with Gasteiger partial charge in [0, 0.05) is 0 Å². The van der Waals surface area contributed by atoms with Gasteiger partial charge in [0.05, 0.1) is 6.04 Å². The molecule has 5 N–H and O–H groups in total. The molecule has 0 unspecified atom stereocenters. The molecule has 70 valence electrons. The van der Waals surface area contributed by atoms with Crippen molar-refractivity contribution in [2.45, 2.75) is 12.5 Å². The van der Waals surface area contributed by atoms with Crippen LogP contribution in [0.5, 0.6) is 0 Å². The van der Waals surface area contributed by atoms with Gasteiger partial charge in [-0.3, -0.25) is 10.1 Å². The van der Waals surface area contributed by atoms with Crippen molar-refractivity contribution in [3.63, 3.8) is 0 Å². The van der Waals surface area contributed by atoms with E-state index in [1.165, 1.54) is 0 Å². The van der Waals surface area contributed by atoms with Crippen LogP contribution in [0.1, 0.15) is 6.42 Å². The number of carbonyl (C=O) groups excluding carboxylic acids is 2. The topological polar surface area (TPSA) is 98.2 Å². The van der Waals surface area contributed by atoms with Crippen LogP contribution in [-0.4, -0.2) is 30.0 Å². The van der Waals surface area contributed by atoms with Gasteiger partial charge in [0.1, 0.15) is 0 Å². The fraction of sp³-hybridized carbons (Fsp3) is 0.667. The second kappa shape index (κ2) is 5.84. The molecule has 0 heterocycles. The highest BCUT2D eigenvalue weighted by Gasteiger charge is 2.13. The summed E-state index contributed by atoms with van der Waals surface area (Å²) < 4.78 is 0. The van der Waals surface area contributed by atoms with Gasteiger partial charge in [0.15, 0.2) is 0 Å². The summed E-state index contributed by atoms with van der Waals surface area (Å²) in [7, 11) is 0. The van der Waals surface area contributed by atoms with Crippen molar-refractivity contribution in [1.82, 2.24) is 5.32 Å². The number of hydrogen-bond acceptors (Lipinski definition) is 4. The van der Waals surface area contributed by atoms with Crippen LogP contribution in [0.25, 0.3) is 0 Å². The van der Waals surface area contributed by atoms with Gasteiger partial charge in [-0.25, -0.2) is 4.79 Å². The molecule has 0 aliphatic heterocycles. The first-order chi connectivity index (χ1) is 5.57. The van der Waals surface area contributed by atoms with Gasteiger partial charge in [0.25, 0.3) is 0 Å².